The third kappa shape index (κ3) is 6.33. The first-order chi connectivity index (χ1) is 13.9. The number of unbranched alkanes of at least 4 members (excludes halogenated alkanes) is 5. The monoisotopic (exact) mass is 398 g/mol. The largest absolute Gasteiger partial charge is 0.481 e. The standard InChI is InChI=1S/C27H42O2/c1-21-13-14-23(11-7-4-5-9-15-26(3)17-18-26)24(22(21)2)12-8-6-10-16-27(19-20-27)25(28)29/h13-14H,4-12,15-20H2,1-3H3,(H,28,29). The van der Waals surface area contributed by atoms with Gasteiger partial charge in [-0.05, 0) is 106 Å². The van der Waals surface area contributed by atoms with Gasteiger partial charge < -0.3 is 5.11 Å². The molecule has 2 heteroatoms. The predicted molar refractivity (Wildman–Crippen MR) is 122 cm³/mol. The van der Waals surface area contributed by atoms with Gasteiger partial charge in [-0.25, -0.2) is 0 Å². The summed E-state index contributed by atoms with van der Waals surface area (Å²) < 4.78 is 0. The van der Waals surface area contributed by atoms with Gasteiger partial charge in [-0.1, -0.05) is 51.2 Å². The summed E-state index contributed by atoms with van der Waals surface area (Å²) in [6, 6.07) is 4.67. The number of carboxylic acids is 1. The smallest absolute Gasteiger partial charge is 0.309 e. The second kappa shape index (κ2) is 9.67. The fourth-order valence-corrected chi connectivity index (χ4v) is 4.86. The highest BCUT2D eigenvalue weighted by Crippen LogP contribution is 2.50. The van der Waals surface area contributed by atoms with Gasteiger partial charge >= 0.3 is 5.97 Å². The summed E-state index contributed by atoms with van der Waals surface area (Å²) in [5.74, 6) is -0.569. The normalized spacial score (nSPS) is 18.6. The fraction of sp³-hybridized carbons (Fsp3) is 0.741. The van der Waals surface area contributed by atoms with E-state index in [1.807, 2.05) is 0 Å². The molecular formula is C27H42O2. The summed E-state index contributed by atoms with van der Waals surface area (Å²) in [6.45, 7) is 6.96. The molecule has 0 amide bonds. The molecule has 1 aromatic carbocycles. The molecule has 0 radical (unpaired) electrons. The number of carbonyl (C=O) groups is 1. The molecule has 3 rings (SSSR count). The molecule has 2 fully saturated rings. The van der Waals surface area contributed by atoms with E-state index in [-0.39, 0.29) is 5.41 Å². The van der Waals surface area contributed by atoms with Crippen LogP contribution in [0.4, 0.5) is 0 Å². The summed E-state index contributed by atoms with van der Waals surface area (Å²) in [7, 11) is 0. The Bertz CT molecular complexity index is 695. The fourth-order valence-electron chi connectivity index (χ4n) is 4.86. The van der Waals surface area contributed by atoms with E-state index in [4.69, 9.17) is 0 Å². The topological polar surface area (TPSA) is 37.3 Å². The maximum Gasteiger partial charge on any atom is 0.309 e. The van der Waals surface area contributed by atoms with Crippen LogP contribution in [0.2, 0.25) is 0 Å². The van der Waals surface area contributed by atoms with Crippen LogP contribution >= 0.6 is 0 Å². The lowest BCUT2D eigenvalue weighted by atomic mass is 9.90. The maximum absolute atomic E-state index is 11.3. The molecule has 2 aliphatic rings. The van der Waals surface area contributed by atoms with E-state index in [1.165, 1.54) is 68.9 Å². The molecule has 0 aliphatic heterocycles. The van der Waals surface area contributed by atoms with Gasteiger partial charge in [-0.3, -0.25) is 4.79 Å². The quantitative estimate of drug-likeness (QED) is 0.328. The molecular weight excluding hydrogens is 356 g/mol. The average Bonchev–Trinajstić information content (AvgIpc) is 3.60. The lowest BCUT2D eigenvalue weighted by Gasteiger charge is -2.16. The minimum absolute atomic E-state index is 0.346. The van der Waals surface area contributed by atoms with E-state index in [1.54, 1.807) is 11.1 Å². The zero-order valence-electron chi connectivity index (χ0n) is 19.1. The summed E-state index contributed by atoms with van der Waals surface area (Å²) in [5.41, 5.74) is 6.39. The number of aliphatic carboxylic acids is 1. The minimum atomic E-state index is -0.569. The number of rotatable bonds is 14. The number of hydrogen-bond acceptors (Lipinski definition) is 1. The molecule has 2 aliphatic carbocycles. The Morgan fingerprint density at radius 1 is 0.862 bits per heavy atom. The Morgan fingerprint density at radius 2 is 1.48 bits per heavy atom. The van der Waals surface area contributed by atoms with E-state index in [0.29, 0.717) is 5.41 Å². The van der Waals surface area contributed by atoms with Crippen LogP contribution in [-0.2, 0) is 17.6 Å². The molecule has 162 valence electrons. The van der Waals surface area contributed by atoms with Crippen LogP contribution in [-0.4, -0.2) is 11.1 Å². The van der Waals surface area contributed by atoms with Crippen LogP contribution in [0.5, 0.6) is 0 Å². The highest BCUT2D eigenvalue weighted by atomic mass is 16.4. The van der Waals surface area contributed by atoms with Crippen molar-refractivity contribution in [3.63, 3.8) is 0 Å². The summed E-state index contributed by atoms with van der Waals surface area (Å²) in [6.07, 6.45) is 18.3. The second-order valence-corrected chi connectivity index (χ2v) is 10.5. The van der Waals surface area contributed by atoms with Crippen molar-refractivity contribution >= 4 is 5.97 Å². The Labute approximate surface area is 178 Å². The van der Waals surface area contributed by atoms with E-state index in [9.17, 15) is 9.90 Å². The first kappa shape index (κ1) is 22.4. The van der Waals surface area contributed by atoms with Crippen LogP contribution in [0, 0.1) is 24.7 Å². The number of aryl methyl sites for hydroxylation is 2. The van der Waals surface area contributed by atoms with Crippen LogP contribution in [0.1, 0.15) is 113 Å². The van der Waals surface area contributed by atoms with Crippen molar-refractivity contribution in [3.8, 4) is 0 Å². The van der Waals surface area contributed by atoms with Gasteiger partial charge in [0.1, 0.15) is 0 Å². The van der Waals surface area contributed by atoms with Gasteiger partial charge in [-0.2, -0.15) is 0 Å². The second-order valence-electron chi connectivity index (χ2n) is 10.5. The number of carboxylic acid groups (broad SMARTS) is 1. The molecule has 0 aromatic heterocycles. The van der Waals surface area contributed by atoms with E-state index in [2.05, 4.69) is 32.9 Å². The molecule has 29 heavy (non-hydrogen) atoms. The van der Waals surface area contributed by atoms with Gasteiger partial charge in [0.25, 0.3) is 0 Å². The minimum Gasteiger partial charge on any atom is -0.481 e. The zero-order valence-corrected chi connectivity index (χ0v) is 19.1. The van der Waals surface area contributed by atoms with E-state index >= 15 is 0 Å². The van der Waals surface area contributed by atoms with Crippen molar-refractivity contribution in [2.75, 3.05) is 0 Å². The number of hydrogen-bond donors (Lipinski definition) is 1. The Kier molecular flexibility index (Phi) is 7.46. The lowest BCUT2D eigenvalue weighted by molar-refractivity contribution is -0.143. The number of benzene rings is 1. The van der Waals surface area contributed by atoms with Gasteiger partial charge in [0.15, 0.2) is 0 Å². The van der Waals surface area contributed by atoms with Crippen molar-refractivity contribution in [2.24, 2.45) is 10.8 Å². The Balaban J connectivity index is 1.39. The molecule has 0 atom stereocenters. The maximum atomic E-state index is 11.3. The third-order valence-electron chi connectivity index (χ3n) is 7.94. The lowest BCUT2D eigenvalue weighted by Crippen LogP contribution is -2.14. The zero-order chi connectivity index (χ0) is 20.9. The predicted octanol–water partition coefficient (Wildman–Crippen LogP) is 7.56. The van der Waals surface area contributed by atoms with Crippen molar-refractivity contribution in [1.82, 2.24) is 0 Å². The van der Waals surface area contributed by atoms with E-state index in [0.717, 1.165) is 38.5 Å². The third-order valence-corrected chi connectivity index (χ3v) is 7.94. The first-order valence-corrected chi connectivity index (χ1v) is 12.2. The highest BCUT2D eigenvalue weighted by molar-refractivity contribution is 5.77. The van der Waals surface area contributed by atoms with Crippen molar-refractivity contribution in [2.45, 2.75) is 117 Å². The SMILES string of the molecule is Cc1ccc(CCCCCCC2(C)CC2)c(CCCCCC2(C(=O)O)CC2)c1C. The molecule has 0 unspecified atom stereocenters. The Hall–Kier alpha value is -1.31. The highest BCUT2D eigenvalue weighted by Gasteiger charge is 2.49. The van der Waals surface area contributed by atoms with Crippen molar-refractivity contribution < 1.29 is 9.90 Å². The van der Waals surface area contributed by atoms with Gasteiger partial charge in [0.05, 0.1) is 5.41 Å². The molecule has 1 aromatic rings. The van der Waals surface area contributed by atoms with E-state index < -0.39 is 5.97 Å². The van der Waals surface area contributed by atoms with Crippen molar-refractivity contribution in [1.29, 1.82) is 0 Å². The van der Waals surface area contributed by atoms with Gasteiger partial charge in [-0.15, -0.1) is 0 Å². The molecule has 0 heterocycles. The summed E-state index contributed by atoms with van der Waals surface area (Å²) in [4.78, 5) is 11.3. The molecule has 0 spiro atoms. The van der Waals surface area contributed by atoms with Gasteiger partial charge in [0.2, 0.25) is 0 Å². The molecule has 2 saturated carbocycles. The summed E-state index contributed by atoms with van der Waals surface area (Å²) >= 11 is 0. The molecule has 0 saturated heterocycles. The average molecular weight is 399 g/mol. The van der Waals surface area contributed by atoms with Crippen LogP contribution in [0.15, 0.2) is 12.1 Å². The van der Waals surface area contributed by atoms with Gasteiger partial charge in [0, 0.05) is 0 Å². The Morgan fingerprint density at radius 3 is 2.14 bits per heavy atom. The summed E-state index contributed by atoms with van der Waals surface area (Å²) in [5, 5.41) is 9.32. The molecule has 0 bridgehead atoms. The van der Waals surface area contributed by atoms with Crippen LogP contribution in [0.25, 0.3) is 0 Å². The van der Waals surface area contributed by atoms with Crippen molar-refractivity contribution in [3.05, 3.63) is 34.4 Å². The van der Waals surface area contributed by atoms with Crippen LogP contribution < -0.4 is 0 Å². The first-order valence-electron chi connectivity index (χ1n) is 12.2. The van der Waals surface area contributed by atoms with Crippen LogP contribution in [0.3, 0.4) is 0 Å². The molecule has 2 nitrogen and oxygen atoms in total. The molecule has 1 N–H and O–H groups in total.